The summed E-state index contributed by atoms with van der Waals surface area (Å²) >= 11 is 2.77. The van der Waals surface area contributed by atoms with Crippen molar-refractivity contribution in [2.24, 2.45) is 5.18 Å². The van der Waals surface area contributed by atoms with E-state index in [0.717, 1.165) is 6.07 Å². The third-order valence-corrected chi connectivity index (χ3v) is 1.92. The lowest BCUT2D eigenvalue weighted by Crippen LogP contribution is -1.90. The van der Waals surface area contributed by atoms with Crippen LogP contribution in [0.4, 0.5) is 15.8 Å². The minimum Gasteiger partial charge on any atom is -0.258 e. The Kier molecular flexibility index (Phi) is 2.66. The van der Waals surface area contributed by atoms with Crippen LogP contribution in [0.5, 0.6) is 0 Å². The van der Waals surface area contributed by atoms with Gasteiger partial charge >= 0.3 is 5.69 Å². The van der Waals surface area contributed by atoms with E-state index in [1.807, 2.05) is 0 Å². The van der Waals surface area contributed by atoms with Gasteiger partial charge in [0.1, 0.15) is 5.82 Å². The predicted octanol–water partition coefficient (Wildman–Crippen LogP) is 2.89. The summed E-state index contributed by atoms with van der Waals surface area (Å²) < 4.78 is 12.7. The summed E-state index contributed by atoms with van der Waals surface area (Å²) in [6, 6.07) is 1.60. The largest absolute Gasteiger partial charge is 0.301 e. The van der Waals surface area contributed by atoms with Gasteiger partial charge in [-0.25, -0.2) is 4.39 Å². The number of halogens is 2. The topological polar surface area (TPSA) is 72.6 Å². The molecule has 0 fully saturated rings. The maximum atomic E-state index is 12.8. The van der Waals surface area contributed by atoms with Crippen molar-refractivity contribution in [3.8, 4) is 0 Å². The molecule has 0 atom stereocenters. The predicted molar refractivity (Wildman–Crippen MR) is 46.2 cm³/mol. The lowest BCUT2D eigenvalue weighted by Gasteiger charge is -1.96. The molecule has 0 saturated carbocycles. The normalized spacial score (nSPS) is 9.69. The van der Waals surface area contributed by atoms with Gasteiger partial charge in [-0.2, -0.15) is 0 Å². The van der Waals surface area contributed by atoms with E-state index in [9.17, 15) is 19.4 Å². The highest BCUT2D eigenvalue weighted by atomic mass is 79.9. The summed E-state index contributed by atoms with van der Waals surface area (Å²) in [6.45, 7) is 0. The lowest BCUT2D eigenvalue weighted by atomic mass is 10.3. The third kappa shape index (κ3) is 1.86. The molecular formula is C6H2BrFN2O3. The molecule has 0 radical (unpaired) electrons. The fraction of sp³-hybridized carbons (Fsp3) is 0. The molecule has 7 heteroatoms. The van der Waals surface area contributed by atoms with Gasteiger partial charge in [0.05, 0.1) is 15.5 Å². The first-order chi connectivity index (χ1) is 6.06. The molecule has 0 aliphatic heterocycles. The molecule has 0 aromatic heterocycles. The monoisotopic (exact) mass is 248 g/mol. The summed E-state index contributed by atoms with van der Waals surface area (Å²) in [6.07, 6.45) is 0. The average Bonchev–Trinajstić information content (AvgIpc) is 2.08. The Balaban J connectivity index is 3.41. The van der Waals surface area contributed by atoms with Gasteiger partial charge in [0.15, 0.2) is 5.69 Å². The number of hydrogen-bond donors (Lipinski definition) is 0. The standard InChI is InChI=1S/C6H2BrFN2O3/c7-3-1-5(9-11)6(10(12)13)2-4(3)8/h1-2H. The fourth-order valence-electron chi connectivity index (χ4n) is 0.745. The van der Waals surface area contributed by atoms with Crippen LogP contribution < -0.4 is 0 Å². The average molecular weight is 249 g/mol. The zero-order valence-corrected chi connectivity index (χ0v) is 7.62. The second-order valence-corrected chi connectivity index (χ2v) is 2.96. The van der Waals surface area contributed by atoms with Gasteiger partial charge in [0.2, 0.25) is 0 Å². The van der Waals surface area contributed by atoms with E-state index in [1.165, 1.54) is 0 Å². The maximum absolute atomic E-state index is 12.8. The molecule has 1 aromatic carbocycles. The van der Waals surface area contributed by atoms with Crippen LogP contribution in [0.25, 0.3) is 0 Å². The molecule has 13 heavy (non-hydrogen) atoms. The minimum atomic E-state index is -0.869. The van der Waals surface area contributed by atoms with Crippen LogP contribution in [0.1, 0.15) is 0 Å². The Morgan fingerprint density at radius 1 is 1.54 bits per heavy atom. The maximum Gasteiger partial charge on any atom is 0.301 e. The highest BCUT2D eigenvalue weighted by molar-refractivity contribution is 9.10. The molecule has 68 valence electrons. The SMILES string of the molecule is O=Nc1cc(Br)c(F)cc1[N+](=O)[O-]. The van der Waals surface area contributed by atoms with E-state index >= 15 is 0 Å². The molecule has 0 unspecified atom stereocenters. The molecule has 0 aliphatic carbocycles. The van der Waals surface area contributed by atoms with Gasteiger partial charge in [-0.1, -0.05) is 0 Å². The van der Waals surface area contributed by atoms with Gasteiger partial charge in [0, 0.05) is 0 Å². The quantitative estimate of drug-likeness (QED) is 0.459. The van der Waals surface area contributed by atoms with E-state index in [2.05, 4.69) is 21.1 Å². The first kappa shape index (κ1) is 9.72. The highest BCUT2D eigenvalue weighted by Crippen LogP contribution is 2.32. The molecular weight excluding hydrogens is 247 g/mol. The molecule has 0 spiro atoms. The Bertz CT molecular complexity index is 382. The van der Waals surface area contributed by atoms with E-state index in [-0.39, 0.29) is 4.47 Å². The zero-order chi connectivity index (χ0) is 10.0. The Morgan fingerprint density at radius 3 is 2.62 bits per heavy atom. The first-order valence-corrected chi connectivity index (χ1v) is 3.82. The van der Waals surface area contributed by atoms with Crippen molar-refractivity contribution in [3.05, 3.63) is 37.4 Å². The summed E-state index contributed by atoms with van der Waals surface area (Å²) in [5.41, 5.74) is -1.05. The Hall–Kier alpha value is -1.37. The summed E-state index contributed by atoms with van der Waals surface area (Å²) in [5, 5.41) is 12.7. The Labute approximate surface area is 79.8 Å². The zero-order valence-electron chi connectivity index (χ0n) is 6.03. The van der Waals surface area contributed by atoms with Gasteiger partial charge < -0.3 is 0 Å². The van der Waals surface area contributed by atoms with Crippen LogP contribution in [0, 0.1) is 20.8 Å². The van der Waals surface area contributed by atoms with Gasteiger partial charge in [-0.3, -0.25) is 10.1 Å². The molecule has 1 rings (SSSR count). The minimum absolute atomic E-state index is 0.0345. The van der Waals surface area contributed by atoms with E-state index in [1.54, 1.807) is 0 Å². The van der Waals surface area contributed by atoms with Gasteiger partial charge in [0.25, 0.3) is 0 Å². The van der Waals surface area contributed by atoms with E-state index in [0.29, 0.717) is 6.07 Å². The molecule has 0 bridgehead atoms. The molecule has 0 saturated heterocycles. The molecule has 0 aliphatic rings. The highest BCUT2D eigenvalue weighted by Gasteiger charge is 2.17. The van der Waals surface area contributed by atoms with Crippen molar-refractivity contribution >= 4 is 27.3 Å². The number of rotatable bonds is 2. The van der Waals surface area contributed by atoms with Crippen LogP contribution >= 0.6 is 15.9 Å². The van der Waals surface area contributed by atoms with Crippen LogP contribution in [0.2, 0.25) is 0 Å². The second-order valence-electron chi connectivity index (χ2n) is 2.10. The van der Waals surface area contributed by atoms with Gasteiger partial charge in [-0.15, -0.1) is 4.91 Å². The Morgan fingerprint density at radius 2 is 2.15 bits per heavy atom. The number of hydrogen-bond acceptors (Lipinski definition) is 4. The van der Waals surface area contributed by atoms with Crippen LogP contribution in [0.15, 0.2) is 21.8 Å². The van der Waals surface area contributed by atoms with Crippen LogP contribution in [-0.2, 0) is 0 Å². The van der Waals surface area contributed by atoms with Crippen molar-refractivity contribution in [1.82, 2.24) is 0 Å². The van der Waals surface area contributed by atoms with Crippen molar-refractivity contribution in [1.29, 1.82) is 0 Å². The van der Waals surface area contributed by atoms with Gasteiger partial charge in [-0.05, 0) is 27.2 Å². The second kappa shape index (κ2) is 3.56. The smallest absolute Gasteiger partial charge is 0.258 e. The third-order valence-electron chi connectivity index (χ3n) is 1.31. The van der Waals surface area contributed by atoms with Crippen LogP contribution in [0.3, 0.4) is 0 Å². The van der Waals surface area contributed by atoms with Crippen molar-refractivity contribution in [2.45, 2.75) is 0 Å². The first-order valence-electron chi connectivity index (χ1n) is 3.03. The molecule has 1 aromatic rings. The van der Waals surface area contributed by atoms with Crippen LogP contribution in [-0.4, -0.2) is 4.92 Å². The fourth-order valence-corrected chi connectivity index (χ4v) is 1.08. The summed E-state index contributed by atoms with van der Waals surface area (Å²) in [5.74, 6) is -0.806. The number of nitro benzene ring substituents is 1. The number of nitro groups is 1. The molecule has 0 N–H and O–H groups in total. The number of nitrogens with zero attached hydrogens (tertiary/aromatic N) is 2. The van der Waals surface area contributed by atoms with Crippen molar-refractivity contribution < 1.29 is 9.31 Å². The lowest BCUT2D eigenvalue weighted by molar-refractivity contribution is -0.384. The van der Waals surface area contributed by atoms with E-state index < -0.39 is 22.1 Å². The molecule has 0 heterocycles. The van der Waals surface area contributed by atoms with Crippen molar-refractivity contribution in [3.63, 3.8) is 0 Å². The molecule has 0 amide bonds. The molecule has 5 nitrogen and oxygen atoms in total. The van der Waals surface area contributed by atoms with Crippen molar-refractivity contribution in [2.75, 3.05) is 0 Å². The van der Waals surface area contributed by atoms with E-state index in [4.69, 9.17) is 0 Å². The summed E-state index contributed by atoms with van der Waals surface area (Å²) in [7, 11) is 0. The number of nitroso groups, excluding NO2 is 1. The summed E-state index contributed by atoms with van der Waals surface area (Å²) in [4.78, 5) is 19.5. The number of benzene rings is 1.